The average molecular weight is 283 g/mol. The molecule has 0 radical (unpaired) electrons. The molecule has 1 atom stereocenters. The lowest BCUT2D eigenvalue weighted by atomic mass is 9.89. The molecule has 3 nitrogen and oxygen atoms in total. The van der Waals surface area contributed by atoms with Crippen LogP contribution in [0.5, 0.6) is 0 Å². The van der Waals surface area contributed by atoms with Crippen molar-refractivity contribution in [1.82, 2.24) is 0 Å². The van der Waals surface area contributed by atoms with Gasteiger partial charge in [-0.05, 0) is 12.1 Å². The van der Waals surface area contributed by atoms with Crippen LogP contribution in [-0.4, -0.2) is 11.6 Å². The van der Waals surface area contributed by atoms with Crippen molar-refractivity contribution in [2.24, 2.45) is 11.8 Å². The van der Waals surface area contributed by atoms with E-state index in [1.54, 1.807) is 19.9 Å². The van der Waals surface area contributed by atoms with Crippen LogP contribution >= 0.6 is 0 Å². The van der Waals surface area contributed by atoms with Crippen molar-refractivity contribution in [3.05, 3.63) is 35.4 Å². The number of alkyl halides is 3. The van der Waals surface area contributed by atoms with Gasteiger partial charge in [-0.1, -0.05) is 26.0 Å². The fourth-order valence-electron chi connectivity index (χ4n) is 1.57. The number of nitriles is 1. The van der Waals surface area contributed by atoms with Crippen LogP contribution in [-0.2, 0) is 11.0 Å². The minimum absolute atomic E-state index is 0.0847. The predicted molar refractivity (Wildman–Crippen MR) is 64.7 cm³/mol. The van der Waals surface area contributed by atoms with Gasteiger partial charge in [0.2, 0.25) is 0 Å². The maximum Gasteiger partial charge on any atom is 0.416 e. The number of benzene rings is 1. The lowest BCUT2D eigenvalue weighted by Gasteiger charge is -2.11. The fraction of sp³-hybridized carbons (Fsp3) is 0.357. The van der Waals surface area contributed by atoms with E-state index in [4.69, 9.17) is 5.26 Å². The molecule has 0 bridgehead atoms. The molecule has 0 amide bonds. The highest BCUT2D eigenvalue weighted by Crippen LogP contribution is 2.29. The highest BCUT2D eigenvalue weighted by Gasteiger charge is 2.32. The second-order valence-electron chi connectivity index (χ2n) is 4.56. The number of halogens is 3. The Balaban J connectivity index is 3.04. The molecule has 106 valence electrons. The summed E-state index contributed by atoms with van der Waals surface area (Å²) in [6, 6.07) is 5.06. The summed E-state index contributed by atoms with van der Waals surface area (Å²) < 4.78 is 37.2. The lowest BCUT2D eigenvalue weighted by molar-refractivity contribution is -0.137. The molecule has 0 saturated carbocycles. The molecule has 1 aromatic carbocycles. The Hall–Kier alpha value is -2.16. The van der Waals surface area contributed by atoms with Gasteiger partial charge >= 0.3 is 6.18 Å². The van der Waals surface area contributed by atoms with Gasteiger partial charge < -0.3 is 0 Å². The van der Waals surface area contributed by atoms with Crippen LogP contribution in [0.15, 0.2) is 24.3 Å². The van der Waals surface area contributed by atoms with Gasteiger partial charge in [-0.25, -0.2) is 0 Å². The summed E-state index contributed by atoms with van der Waals surface area (Å²) >= 11 is 0. The quantitative estimate of drug-likeness (QED) is 0.629. The van der Waals surface area contributed by atoms with Crippen molar-refractivity contribution in [3.8, 4) is 6.07 Å². The third-order valence-corrected chi connectivity index (χ3v) is 2.74. The first-order chi connectivity index (χ1) is 9.18. The van der Waals surface area contributed by atoms with Crippen molar-refractivity contribution < 1.29 is 22.8 Å². The van der Waals surface area contributed by atoms with Crippen molar-refractivity contribution in [3.63, 3.8) is 0 Å². The highest BCUT2D eigenvalue weighted by atomic mass is 19.4. The molecular formula is C14H12F3NO2. The molecule has 6 heteroatoms. The number of rotatable bonds is 4. The van der Waals surface area contributed by atoms with E-state index in [-0.39, 0.29) is 5.56 Å². The second kappa shape index (κ2) is 5.87. The molecule has 0 N–H and O–H groups in total. The van der Waals surface area contributed by atoms with E-state index < -0.39 is 35.1 Å². The number of carbonyl (C=O) groups is 2. The van der Waals surface area contributed by atoms with E-state index in [1.165, 1.54) is 0 Å². The third kappa shape index (κ3) is 3.44. The minimum atomic E-state index is -4.50. The summed E-state index contributed by atoms with van der Waals surface area (Å²) in [6.07, 6.45) is -4.50. The van der Waals surface area contributed by atoms with Gasteiger partial charge in [-0.3, -0.25) is 9.59 Å². The van der Waals surface area contributed by atoms with Crippen molar-refractivity contribution >= 4 is 11.6 Å². The maximum absolute atomic E-state index is 12.4. The molecule has 0 heterocycles. The summed E-state index contributed by atoms with van der Waals surface area (Å²) in [7, 11) is 0. The van der Waals surface area contributed by atoms with E-state index in [2.05, 4.69) is 0 Å². The molecule has 20 heavy (non-hydrogen) atoms. The normalized spacial score (nSPS) is 12.8. The molecule has 0 aliphatic rings. The highest BCUT2D eigenvalue weighted by molar-refractivity contribution is 6.13. The number of hydrogen-bond donors (Lipinski definition) is 0. The maximum atomic E-state index is 12.4. The van der Waals surface area contributed by atoms with Gasteiger partial charge in [0, 0.05) is 11.5 Å². The van der Waals surface area contributed by atoms with Crippen LogP contribution < -0.4 is 0 Å². The van der Waals surface area contributed by atoms with Crippen molar-refractivity contribution in [1.29, 1.82) is 5.26 Å². The fourth-order valence-corrected chi connectivity index (χ4v) is 1.57. The zero-order valence-electron chi connectivity index (χ0n) is 10.9. The Morgan fingerprint density at radius 3 is 2.00 bits per heavy atom. The molecule has 0 aromatic heterocycles. The van der Waals surface area contributed by atoms with Crippen LogP contribution in [0.2, 0.25) is 0 Å². The van der Waals surface area contributed by atoms with Crippen LogP contribution in [0, 0.1) is 23.2 Å². The van der Waals surface area contributed by atoms with Crippen LogP contribution in [0.4, 0.5) is 13.2 Å². The van der Waals surface area contributed by atoms with Crippen LogP contribution in [0.1, 0.15) is 29.8 Å². The number of ketones is 2. The number of hydrogen-bond acceptors (Lipinski definition) is 3. The third-order valence-electron chi connectivity index (χ3n) is 2.74. The first-order valence-corrected chi connectivity index (χ1v) is 5.83. The zero-order chi connectivity index (χ0) is 15.5. The summed E-state index contributed by atoms with van der Waals surface area (Å²) in [6.45, 7) is 3.10. The van der Waals surface area contributed by atoms with E-state index in [9.17, 15) is 22.8 Å². The van der Waals surface area contributed by atoms with E-state index in [0.29, 0.717) is 0 Å². The summed E-state index contributed by atoms with van der Waals surface area (Å²) in [4.78, 5) is 23.6. The van der Waals surface area contributed by atoms with E-state index in [0.717, 1.165) is 24.3 Å². The molecule has 1 rings (SSSR count). The molecule has 0 fully saturated rings. The van der Waals surface area contributed by atoms with E-state index >= 15 is 0 Å². The van der Waals surface area contributed by atoms with Crippen molar-refractivity contribution in [2.75, 3.05) is 0 Å². The van der Waals surface area contributed by atoms with E-state index in [1.807, 2.05) is 0 Å². The zero-order valence-corrected chi connectivity index (χ0v) is 10.9. The Morgan fingerprint density at radius 2 is 1.65 bits per heavy atom. The van der Waals surface area contributed by atoms with Gasteiger partial charge in [-0.15, -0.1) is 0 Å². The molecule has 0 aliphatic carbocycles. The molecule has 0 saturated heterocycles. The number of Topliss-reactive ketones (excluding diaryl/α,β-unsaturated/α-hetero) is 2. The predicted octanol–water partition coefficient (Wildman–Crippen LogP) is 3.25. The van der Waals surface area contributed by atoms with Gasteiger partial charge in [0.05, 0.1) is 11.6 Å². The van der Waals surface area contributed by atoms with Gasteiger partial charge in [0.1, 0.15) is 0 Å². The Kier molecular flexibility index (Phi) is 4.66. The standard InChI is InChI=1S/C14H12F3NO2/c1-8(2)12(19)11(7-18)13(20)9-3-5-10(6-4-9)14(15,16)17/h3-6,8,11H,1-2H3/t11-/m0/s1. The first kappa shape index (κ1) is 15.9. The second-order valence-corrected chi connectivity index (χ2v) is 4.56. The summed E-state index contributed by atoms with van der Waals surface area (Å²) in [5, 5.41) is 8.89. The molecule has 0 aliphatic heterocycles. The Morgan fingerprint density at radius 1 is 1.15 bits per heavy atom. The summed E-state index contributed by atoms with van der Waals surface area (Å²) in [5.41, 5.74) is -0.976. The SMILES string of the molecule is CC(C)C(=O)[C@H](C#N)C(=O)c1ccc(C(F)(F)F)cc1. The number of nitrogens with zero attached hydrogens (tertiary/aromatic N) is 1. The van der Waals surface area contributed by atoms with Gasteiger partial charge in [0.15, 0.2) is 17.5 Å². The van der Waals surface area contributed by atoms with Crippen LogP contribution in [0.3, 0.4) is 0 Å². The Bertz CT molecular complexity index is 553. The van der Waals surface area contributed by atoms with Gasteiger partial charge in [-0.2, -0.15) is 18.4 Å². The van der Waals surface area contributed by atoms with Gasteiger partial charge in [0.25, 0.3) is 0 Å². The largest absolute Gasteiger partial charge is 0.416 e. The molecular weight excluding hydrogens is 271 g/mol. The smallest absolute Gasteiger partial charge is 0.297 e. The molecule has 0 spiro atoms. The first-order valence-electron chi connectivity index (χ1n) is 5.83. The lowest BCUT2D eigenvalue weighted by Crippen LogP contribution is -2.26. The van der Waals surface area contributed by atoms with Crippen LogP contribution in [0.25, 0.3) is 0 Å². The summed E-state index contributed by atoms with van der Waals surface area (Å²) in [5.74, 6) is -3.30. The van der Waals surface area contributed by atoms with Crippen molar-refractivity contribution in [2.45, 2.75) is 20.0 Å². The molecule has 0 unspecified atom stereocenters. The Labute approximate surface area is 114 Å². The number of carbonyl (C=O) groups excluding carboxylic acids is 2. The minimum Gasteiger partial charge on any atom is -0.297 e. The monoisotopic (exact) mass is 283 g/mol. The topological polar surface area (TPSA) is 57.9 Å². The average Bonchev–Trinajstić information content (AvgIpc) is 2.38. The molecule has 1 aromatic rings.